The maximum Gasteiger partial charge on any atom is 0.271 e. The quantitative estimate of drug-likeness (QED) is 0.847. The summed E-state index contributed by atoms with van der Waals surface area (Å²) in [4.78, 5) is 12.0. The predicted molar refractivity (Wildman–Crippen MR) is 73.3 cm³/mol. The first-order valence-corrected chi connectivity index (χ1v) is 6.77. The van der Waals surface area contributed by atoms with Crippen molar-refractivity contribution in [1.82, 2.24) is 5.43 Å². The standard InChI is InChI=1S/C15H18N2O2/c1-19-13-4-2-3-12(9-13)15(18)17-16-14-8-10-5-6-11(14)7-10/h2-4,9-11H,5-8H2,1H3,(H,17,18)/b16-14+/t10-,11-/m0/s1. The number of rotatable bonds is 3. The number of hydrogen-bond acceptors (Lipinski definition) is 3. The number of hydrogen-bond donors (Lipinski definition) is 1. The van der Waals surface area contributed by atoms with E-state index < -0.39 is 0 Å². The van der Waals surface area contributed by atoms with Gasteiger partial charge < -0.3 is 4.74 Å². The maximum atomic E-state index is 12.0. The summed E-state index contributed by atoms with van der Waals surface area (Å²) in [5.41, 5.74) is 4.42. The molecular formula is C15H18N2O2. The van der Waals surface area contributed by atoms with E-state index in [2.05, 4.69) is 10.5 Å². The van der Waals surface area contributed by atoms with Crippen LogP contribution in [0.3, 0.4) is 0 Å². The number of hydrazone groups is 1. The largest absolute Gasteiger partial charge is 0.497 e. The van der Waals surface area contributed by atoms with E-state index in [-0.39, 0.29) is 5.91 Å². The van der Waals surface area contributed by atoms with Crippen LogP contribution in [0.1, 0.15) is 36.0 Å². The van der Waals surface area contributed by atoms with Crippen molar-refractivity contribution >= 4 is 11.6 Å². The van der Waals surface area contributed by atoms with E-state index in [4.69, 9.17) is 4.74 Å². The molecule has 19 heavy (non-hydrogen) atoms. The molecule has 0 heterocycles. The van der Waals surface area contributed by atoms with Gasteiger partial charge in [-0.2, -0.15) is 5.10 Å². The Kier molecular flexibility index (Phi) is 3.23. The first-order valence-electron chi connectivity index (χ1n) is 6.77. The number of amides is 1. The van der Waals surface area contributed by atoms with Gasteiger partial charge in [-0.3, -0.25) is 4.79 Å². The Morgan fingerprint density at radius 3 is 3.00 bits per heavy atom. The van der Waals surface area contributed by atoms with Gasteiger partial charge in [0.15, 0.2) is 0 Å². The van der Waals surface area contributed by atoms with Gasteiger partial charge in [0, 0.05) is 11.3 Å². The molecule has 1 aromatic carbocycles. The Bertz CT molecular complexity index is 525. The van der Waals surface area contributed by atoms with Gasteiger partial charge in [-0.05, 0) is 55.7 Å². The second-order valence-electron chi connectivity index (χ2n) is 5.36. The van der Waals surface area contributed by atoms with Crippen molar-refractivity contribution in [2.24, 2.45) is 16.9 Å². The van der Waals surface area contributed by atoms with Crippen LogP contribution >= 0.6 is 0 Å². The molecule has 0 saturated heterocycles. The molecule has 1 aromatic rings. The average Bonchev–Trinajstić information content (AvgIpc) is 3.07. The van der Waals surface area contributed by atoms with Crippen LogP contribution in [-0.4, -0.2) is 18.7 Å². The molecule has 0 radical (unpaired) electrons. The highest BCUT2D eigenvalue weighted by Gasteiger charge is 2.36. The Morgan fingerprint density at radius 2 is 2.32 bits per heavy atom. The van der Waals surface area contributed by atoms with Gasteiger partial charge >= 0.3 is 0 Å². The molecule has 4 heteroatoms. The minimum Gasteiger partial charge on any atom is -0.497 e. The number of benzene rings is 1. The number of nitrogens with one attached hydrogen (secondary N) is 1. The van der Waals surface area contributed by atoms with E-state index in [9.17, 15) is 4.79 Å². The van der Waals surface area contributed by atoms with Crippen molar-refractivity contribution in [1.29, 1.82) is 0 Å². The lowest BCUT2D eigenvalue weighted by Crippen LogP contribution is -2.21. The van der Waals surface area contributed by atoms with Crippen LogP contribution < -0.4 is 10.2 Å². The molecule has 0 spiro atoms. The van der Waals surface area contributed by atoms with Crippen LogP contribution in [0.2, 0.25) is 0 Å². The lowest BCUT2D eigenvalue weighted by Gasteiger charge is -2.11. The van der Waals surface area contributed by atoms with E-state index >= 15 is 0 Å². The van der Waals surface area contributed by atoms with Gasteiger partial charge in [-0.1, -0.05) is 6.07 Å². The molecule has 2 atom stereocenters. The smallest absolute Gasteiger partial charge is 0.271 e. The summed E-state index contributed by atoms with van der Waals surface area (Å²) in [5, 5.41) is 4.31. The van der Waals surface area contributed by atoms with Gasteiger partial charge in [0.25, 0.3) is 5.91 Å². The van der Waals surface area contributed by atoms with E-state index in [1.807, 2.05) is 6.07 Å². The summed E-state index contributed by atoms with van der Waals surface area (Å²) in [6.07, 6.45) is 4.88. The predicted octanol–water partition coefficient (Wildman–Crippen LogP) is 2.60. The number of fused-ring (bicyclic) bond motifs is 2. The highest BCUT2D eigenvalue weighted by Crippen LogP contribution is 2.42. The van der Waals surface area contributed by atoms with E-state index in [0.717, 1.165) is 12.3 Å². The topological polar surface area (TPSA) is 50.7 Å². The molecule has 2 fully saturated rings. The third-order valence-electron chi connectivity index (χ3n) is 4.14. The Morgan fingerprint density at radius 1 is 1.42 bits per heavy atom. The second-order valence-corrected chi connectivity index (χ2v) is 5.36. The Hall–Kier alpha value is -1.84. The fourth-order valence-corrected chi connectivity index (χ4v) is 3.11. The first kappa shape index (κ1) is 12.2. The third-order valence-corrected chi connectivity index (χ3v) is 4.14. The monoisotopic (exact) mass is 258 g/mol. The molecule has 2 aliphatic rings. The summed E-state index contributed by atoms with van der Waals surface area (Å²) >= 11 is 0. The lowest BCUT2D eigenvalue weighted by atomic mass is 9.99. The summed E-state index contributed by atoms with van der Waals surface area (Å²) in [6.45, 7) is 0. The maximum absolute atomic E-state index is 12.0. The molecule has 100 valence electrons. The molecule has 0 unspecified atom stereocenters. The molecule has 3 rings (SSSR count). The van der Waals surface area contributed by atoms with Gasteiger partial charge in [0.05, 0.1) is 7.11 Å². The molecule has 2 bridgehead atoms. The van der Waals surface area contributed by atoms with E-state index in [0.29, 0.717) is 17.2 Å². The molecule has 0 aliphatic heterocycles. The normalized spacial score (nSPS) is 26.7. The molecule has 2 aliphatic carbocycles. The van der Waals surface area contributed by atoms with E-state index in [1.165, 1.54) is 25.0 Å². The number of ether oxygens (including phenoxy) is 1. The van der Waals surface area contributed by atoms with Gasteiger partial charge in [-0.25, -0.2) is 5.43 Å². The minimum atomic E-state index is -0.172. The molecule has 2 saturated carbocycles. The fraction of sp³-hybridized carbons (Fsp3) is 0.467. The molecule has 1 amide bonds. The number of nitrogens with zero attached hydrogens (tertiary/aromatic N) is 1. The molecule has 1 N–H and O–H groups in total. The van der Waals surface area contributed by atoms with Crippen LogP contribution in [0.15, 0.2) is 29.4 Å². The first-order chi connectivity index (χ1) is 9.26. The molecule has 4 nitrogen and oxygen atoms in total. The van der Waals surface area contributed by atoms with Crippen LogP contribution in [0.25, 0.3) is 0 Å². The van der Waals surface area contributed by atoms with E-state index in [1.54, 1.807) is 25.3 Å². The van der Waals surface area contributed by atoms with Gasteiger partial charge in [0.1, 0.15) is 5.75 Å². The summed E-state index contributed by atoms with van der Waals surface area (Å²) in [7, 11) is 1.59. The summed E-state index contributed by atoms with van der Waals surface area (Å²) in [6, 6.07) is 7.10. The zero-order valence-corrected chi connectivity index (χ0v) is 11.1. The molecule has 0 aromatic heterocycles. The van der Waals surface area contributed by atoms with Crippen molar-refractivity contribution < 1.29 is 9.53 Å². The van der Waals surface area contributed by atoms with Crippen LogP contribution in [-0.2, 0) is 0 Å². The third kappa shape index (κ3) is 2.48. The second kappa shape index (κ2) is 5.03. The number of carbonyl (C=O) groups excluding carboxylic acids is 1. The zero-order chi connectivity index (χ0) is 13.2. The highest BCUT2D eigenvalue weighted by atomic mass is 16.5. The molecular weight excluding hydrogens is 240 g/mol. The average molecular weight is 258 g/mol. The summed E-state index contributed by atoms with van der Waals surface area (Å²) in [5.74, 6) is 1.92. The summed E-state index contributed by atoms with van der Waals surface area (Å²) < 4.78 is 5.11. The van der Waals surface area contributed by atoms with Crippen molar-refractivity contribution in [2.45, 2.75) is 25.7 Å². The zero-order valence-electron chi connectivity index (χ0n) is 11.1. The highest BCUT2D eigenvalue weighted by molar-refractivity contribution is 5.96. The van der Waals surface area contributed by atoms with Crippen molar-refractivity contribution in [3.05, 3.63) is 29.8 Å². The fourth-order valence-electron chi connectivity index (χ4n) is 3.11. The van der Waals surface area contributed by atoms with Crippen molar-refractivity contribution in [3.8, 4) is 5.75 Å². The lowest BCUT2D eigenvalue weighted by molar-refractivity contribution is 0.0954. The van der Waals surface area contributed by atoms with Crippen molar-refractivity contribution in [2.75, 3.05) is 7.11 Å². The van der Waals surface area contributed by atoms with Gasteiger partial charge in [0.2, 0.25) is 0 Å². The SMILES string of the molecule is COc1cccc(C(=O)N/N=C2\C[C@H]3CC[C@H]2C3)c1. The van der Waals surface area contributed by atoms with Crippen LogP contribution in [0.5, 0.6) is 5.75 Å². The van der Waals surface area contributed by atoms with Crippen LogP contribution in [0.4, 0.5) is 0 Å². The van der Waals surface area contributed by atoms with Crippen LogP contribution in [0, 0.1) is 11.8 Å². The number of carbonyl (C=O) groups is 1. The van der Waals surface area contributed by atoms with Gasteiger partial charge in [-0.15, -0.1) is 0 Å². The Labute approximate surface area is 112 Å². The Balaban J connectivity index is 1.66. The van der Waals surface area contributed by atoms with Crippen molar-refractivity contribution in [3.63, 3.8) is 0 Å². The minimum absolute atomic E-state index is 0.172. The number of methoxy groups -OCH3 is 1.